The van der Waals surface area contributed by atoms with Crippen LogP contribution >= 0.6 is 11.3 Å². The monoisotopic (exact) mass is 481 g/mol. The number of amides is 1. The van der Waals surface area contributed by atoms with Crippen LogP contribution < -0.4 is 15.8 Å². The average Bonchev–Trinajstić information content (AvgIpc) is 3.19. The molecule has 0 radical (unpaired) electrons. The summed E-state index contributed by atoms with van der Waals surface area (Å²) in [6, 6.07) is 8.44. The van der Waals surface area contributed by atoms with Gasteiger partial charge in [0.1, 0.15) is 0 Å². The summed E-state index contributed by atoms with van der Waals surface area (Å²) in [5.74, 6) is 0.391. The molecule has 1 saturated heterocycles. The van der Waals surface area contributed by atoms with E-state index in [2.05, 4.69) is 51.5 Å². The number of carbonyl (C=O) groups is 1. The van der Waals surface area contributed by atoms with Crippen LogP contribution in [0.4, 0.5) is 11.1 Å². The standard InChI is InChI=1S/C25H31N5O3S/c1-4-5-18-6-8-19(9-7-18)22-17(3)34-25(28-22)27-21(31)11-10-20-16(2)26-24(29-23(20)32)30-12-14-33-15-13-30/h6-9H,4-5,10-15H2,1-3H3,(H,26,29,32)(H,27,28,31). The van der Waals surface area contributed by atoms with Crippen LogP contribution in [0.5, 0.6) is 0 Å². The molecule has 0 atom stereocenters. The second-order valence-corrected chi connectivity index (χ2v) is 9.68. The number of ether oxygens (including phenoxy) is 1. The van der Waals surface area contributed by atoms with E-state index in [0.29, 0.717) is 55.1 Å². The highest BCUT2D eigenvalue weighted by Gasteiger charge is 2.17. The Hall–Kier alpha value is -3.04. The molecule has 8 nitrogen and oxygen atoms in total. The topological polar surface area (TPSA) is 100 Å². The van der Waals surface area contributed by atoms with Gasteiger partial charge in [0.05, 0.1) is 18.9 Å². The third-order valence-electron chi connectivity index (χ3n) is 5.93. The molecule has 3 heterocycles. The normalized spacial score (nSPS) is 13.8. The molecule has 1 amide bonds. The van der Waals surface area contributed by atoms with E-state index in [4.69, 9.17) is 4.74 Å². The molecule has 1 aliphatic rings. The van der Waals surface area contributed by atoms with Crippen LogP contribution in [0.3, 0.4) is 0 Å². The molecule has 4 rings (SSSR count). The van der Waals surface area contributed by atoms with Crippen molar-refractivity contribution in [3.8, 4) is 11.3 Å². The van der Waals surface area contributed by atoms with E-state index in [1.807, 2.05) is 18.7 Å². The van der Waals surface area contributed by atoms with Crippen LogP contribution in [0.15, 0.2) is 29.1 Å². The van der Waals surface area contributed by atoms with Gasteiger partial charge < -0.3 is 15.0 Å². The van der Waals surface area contributed by atoms with Gasteiger partial charge in [-0.2, -0.15) is 0 Å². The number of rotatable bonds is 8. The number of hydrogen-bond acceptors (Lipinski definition) is 7. The summed E-state index contributed by atoms with van der Waals surface area (Å²) in [4.78, 5) is 40.4. The molecule has 0 saturated carbocycles. The molecule has 0 spiro atoms. The van der Waals surface area contributed by atoms with Gasteiger partial charge in [-0.1, -0.05) is 37.6 Å². The van der Waals surface area contributed by atoms with Crippen molar-refractivity contribution in [1.29, 1.82) is 0 Å². The summed E-state index contributed by atoms with van der Waals surface area (Å²) in [5, 5.41) is 3.46. The van der Waals surface area contributed by atoms with Gasteiger partial charge in [0.15, 0.2) is 5.13 Å². The molecule has 2 N–H and O–H groups in total. The van der Waals surface area contributed by atoms with Gasteiger partial charge in [-0.15, -0.1) is 11.3 Å². The molecule has 1 aromatic carbocycles. The summed E-state index contributed by atoms with van der Waals surface area (Å²) in [6.45, 7) is 8.62. The number of aromatic nitrogens is 3. The van der Waals surface area contributed by atoms with Crippen LogP contribution in [0.25, 0.3) is 11.3 Å². The molecule has 1 fully saturated rings. The largest absolute Gasteiger partial charge is 0.378 e. The lowest BCUT2D eigenvalue weighted by molar-refractivity contribution is -0.116. The number of nitrogens with zero attached hydrogens (tertiary/aromatic N) is 3. The Balaban J connectivity index is 1.38. The Kier molecular flexibility index (Phi) is 7.74. The molecule has 3 aromatic rings. The predicted molar refractivity (Wildman–Crippen MR) is 136 cm³/mol. The summed E-state index contributed by atoms with van der Waals surface area (Å²) in [5.41, 5.74) is 4.24. The van der Waals surface area contributed by atoms with E-state index >= 15 is 0 Å². The lowest BCUT2D eigenvalue weighted by Crippen LogP contribution is -2.38. The predicted octanol–water partition coefficient (Wildman–Crippen LogP) is 3.87. The second kappa shape index (κ2) is 10.9. The van der Waals surface area contributed by atoms with Gasteiger partial charge in [-0.3, -0.25) is 14.6 Å². The van der Waals surface area contributed by atoms with Crippen molar-refractivity contribution in [3.63, 3.8) is 0 Å². The fourth-order valence-electron chi connectivity index (χ4n) is 4.07. The first-order chi connectivity index (χ1) is 16.4. The first-order valence-electron chi connectivity index (χ1n) is 11.7. The zero-order valence-corrected chi connectivity index (χ0v) is 20.8. The fourth-order valence-corrected chi connectivity index (χ4v) is 4.92. The van der Waals surface area contributed by atoms with Gasteiger partial charge in [0.2, 0.25) is 11.9 Å². The summed E-state index contributed by atoms with van der Waals surface area (Å²) >= 11 is 1.46. The molecule has 0 unspecified atom stereocenters. The number of aryl methyl sites for hydroxylation is 3. The lowest BCUT2D eigenvalue weighted by Gasteiger charge is -2.27. The van der Waals surface area contributed by atoms with Crippen LogP contribution in [-0.2, 0) is 22.4 Å². The van der Waals surface area contributed by atoms with Gasteiger partial charge in [-0.25, -0.2) is 9.97 Å². The van der Waals surface area contributed by atoms with Crippen molar-refractivity contribution in [2.24, 2.45) is 0 Å². The smallest absolute Gasteiger partial charge is 0.255 e. The number of hydrogen-bond donors (Lipinski definition) is 2. The van der Waals surface area contributed by atoms with E-state index in [0.717, 1.165) is 29.0 Å². The number of nitrogens with one attached hydrogen (secondary N) is 2. The summed E-state index contributed by atoms with van der Waals surface area (Å²) in [7, 11) is 0. The fraction of sp³-hybridized carbons (Fsp3) is 0.440. The maximum atomic E-state index is 12.6. The van der Waals surface area contributed by atoms with E-state index in [9.17, 15) is 9.59 Å². The number of carbonyl (C=O) groups excluding carboxylic acids is 1. The van der Waals surface area contributed by atoms with E-state index < -0.39 is 0 Å². The summed E-state index contributed by atoms with van der Waals surface area (Å²) < 4.78 is 5.36. The number of benzene rings is 1. The molecule has 0 aliphatic carbocycles. The Labute approximate surface area is 203 Å². The van der Waals surface area contributed by atoms with Crippen LogP contribution in [0.1, 0.15) is 41.5 Å². The molecule has 9 heteroatoms. The molecule has 180 valence electrons. The maximum Gasteiger partial charge on any atom is 0.255 e. The Morgan fingerprint density at radius 3 is 2.56 bits per heavy atom. The van der Waals surface area contributed by atoms with Crippen molar-refractivity contribution in [1.82, 2.24) is 15.0 Å². The molecular weight excluding hydrogens is 450 g/mol. The van der Waals surface area contributed by atoms with E-state index in [-0.39, 0.29) is 17.9 Å². The van der Waals surface area contributed by atoms with Crippen molar-refractivity contribution in [3.05, 3.63) is 56.3 Å². The first-order valence-corrected chi connectivity index (χ1v) is 12.5. The number of morpholine rings is 1. The minimum atomic E-state index is -0.194. The Morgan fingerprint density at radius 1 is 1.15 bits per heavy atom. The highest BCUT2D eigenvalue weighted by atomic mass is 32.1. The van der Waals surface area contributed by atoms with Gasteiger partial charge in [-0.05, 0) is 32.3 Å². The van der Waals surface area contributed by atoms with Gasteiger partial charge >= 0.3 is 0 Å². The highest BCUT2D eigenvalue weighted by molar-refractivity contribution is 7.16. The minimum absolute atomic E-state index is 0.172. The highest BCUT2D eigenvalue weighted by Crippen LogP contribution is 2.30. The third kappa shape index (κ3) is 5.71. The second-order valence-electron chi connectivity index (χ2n) is 8.47. The Morgan fingerprint density at radius 2 is 1.88 bits per heavy atom. The maximum absolute atomic E-state index is 12.6. The SMILES string of the molecule is CCCc1ccc(-c2nc(NC(=O)CCc3c(C)nc(N4CCOCC4)[nH]c3=O)sc2C)cc1. The molecule has 34 heavy (non-hydrogen) atoms. The van der Waals surface area contributed by atoms with Crippen LogP contribution in [0, 0.1) is 13.8 Å². The quantitative estimate of drug-likeness (QED) is 0.507. The number of thiazole rings is 1. The number of aromatic amines is 1. The van der Waals surface area contributed by atoms with E-state index in [1.165, 1.54) is 16.9 Å². The average molecular weight is 482 g/mol. The molecule has 0 bridgehead atoms. The first kappa shape index (κ1) is 24.1. The Bertz CT molecular complexity index is 1200. The van der Waals surface area contributed by atoms with Crippen LogP contribution in [-0.4, -0.2) is 47.2 Å². The summed E-state index contributed by atoms with van der Waals surface area (Å²) in [6.07, 6.45) is 2.68. The zero-order valence-electron chi connectivity index (χ0n) is 19.9. The zero-order chi connectivity index (χ0) is 24.1. The lowest BCUT2D eigenvalue weighted by atomic mass is 10.1. The number of H-pyrrole nitrogens is 1. The van der Waals surface area contributed by atoms with Gasteiger partial charge in [0.25, 0.3) is 5.56 Å². The van der Waals surface area contributed by atoms with Crippen molar-refractivity contribution < 1.29 is 9.53 Å². The third-order valence-corrected chi connectivity index (χ3v) is 6.82. The molecular formula is C25H31N5O3S. The number of anilines is 2. The van der Waals surface area contributed by atoms with E-state index in [1.54, 1.807) is 0 Å². The molecule has 2 aromatic heterocycles. The van der Waals surface area contributed by atoms with Crippen molar-refractivity contribution in [2.75, 3.05) is 36.5 Å². The van der Waals surface area contributed by atoms with Crippen molar-refractivity contribution in [2.45, 2.75) is 46.5 Å². The molecule has 1 aliphatic heterocycles. The van der Waals surface area contributed by atoms with Gasteiger partial charge in [0, 0.05) is 41.2 Å². The van der Waals surface area contributed by atoms with Crippen LogP contribution in [0.2, 0.25) is 0 Å². The minimum Gasteiger partial charge on any atom is -0.378 e. The van der Waals surface area contributed by atoms with Crippen molar-refractivity contribution >= 4 is 28.3 Å².